The van der Waals surface area contributed by atoms with Gasteiger partial charge in [-0.3, -0.25) is 19.7 Å². The number of piperidine rings is 1. The highest BCUT2D eigenvalue weighted by Gasteiger charge is 2.32. The zero-order chi connectivity index (χ0) is 22.9. The van der Waals surface area contributed by atoms with Crippen LogP contribution in [-0.4, -0.2) is 79.9 Å². The molecule has 32 heavy (non-hydrogen) atoms. The van der Waals surface area contributed by atoms with E-state index >= 15 is 0 Å². The fraction of sp³-hybridized carbons (Fsp3) is 0.609. The number of amides is 3. The van der Waals surface area contributed by atoms with E-state index in [4.69, 9.17) is 14.6 Å². The van der Waals surface area contributed by atoms with Crippen LogP contribution in [0.1, 0.15) is 36.8 Å². The summed E-state index contributed by atoms with van der Waals surface area (Å²) in [5, 5.41) is 11.0. The predicted molar refractivity (Wildman–Crippen MR) is 118 cm³/mol. The number of carbonyl (C=O) groups excluding carboxylic acids is 3. The molecule has 2 aliphatic rings. The van der Waals surface area contributed by atoms with E-state index in [1.165, 1.54) is 4.90 Å². The summed E-state index contributed by atoms with van der Waals surface area (Å²) in [5.74, 6) is -0.706. The van der Waals surface area contributed by atoms with Gasteiger partial charge < -0.3 is 24.4 Å². The molecule has 0 radical (unpaired) electrons. The molecule has 0 saturated carbocycles. The van der Waals surface area contributed by atoms with Crippen molar-refractivity contribution in [2.75, 3.05) is 44.4 Å². The van der Waals surface area contributed by atoms with Crippen LogP contribution in [0, 0.1) is 6.92 Å². The molecule has 0 aliphatic carbocycles. The second-order valence-electron chi connectivity index (χ2n) is 8.30. The summed E-state index contributed by atoms with van der Waals surface area (Å²) < 4.78 is 11.3. The molecular weight excluding hydrogens is 414 g/mol. The molecular formula is C23H33N3O6. The zero-order valence-electron chi connectivity index (χ0n) is 18.6. The maximum absolute atomic E-state index is 12.1. The Balaban J connectivity index is 1.47. The number of ether oxygens (including phenoxy) is 2. The monoisotopic (exact) mass is 447 g/mol. The Morgan fingerprint density at radius 2 is 2.00 bits per heavy atom. The molecule has 1 unspecified atom stereocenters. The van der Waals surface area contributed by atoms with Gasteiger partial charge in [0.2, 0.25) is 18.2 Å². The van der Waals surface area contributed by atoms with Crippen LogP contribution in [0.5, 0.6) is 0 Å². The largest absolute Gasteiger partial charge is 0.396 e. The van der Waals surface area contributed by atoms with Crippen LogP contribution in [0.4, 0.5) is 5.69 Å². The molecule has 0 aromatic heterocycles. The topological polar surface area (TPSA) is 108 Å². The van der Waals surface area contributed by atoms with Gasteiger partial charge in [0.25, 0.3) is 0 Å². The van der Waals surface area contributed by atoms with E-state index in [0.717, 1.165) is 36.3 Å². The number of nitrogens with zero attached hydrogens (tertiary/aromatic N) is 2. The molecule has 3 rings (SSSR count). The number of hydrogen-bond donors (Lipinski definition) is 2. The summed E-state index contributed by atoms with van der Waals surface area (Å²) in [7, 11) is 0. The minimum absolute atomic E-state index is 0.152. The van der Waals surface area contributed by atoms with Gasteiger partial charge >= 0.3 is 0 Å². The molecule has 3 amide bonds. The van der Waals surface area contributed by atoms with Crippen LogP contribution < -0.4 is 10.2 Å². The zero-order valence-corrected chi connectivity index (χ0v) is 18.6. The van der Waals surface area contributed by atoms with Gasteiger partial charge in [0.15, 0.2) is 0 Å². The Morgan fingerprint density at radius 1 is 1.22 bits per heavy atom. The van der Waals surface area contributed by atoms with Crippen molar-refractivity contribution in [2.45, 2.75) is 51.3 Å². The SMILES string of the molecule is Cc1ccc(N2CC(OCCCOCCCO)C2)cc1CN(C=O)C1CCC(=O)NC1=O. The first-order valence-electron chi connectivity index (χ1n) is 11.2. The number of aliphatic hydroxyl groups is 1. The molecule has 1 aromatic carbocycles. The Kier molecular flexibility index (Phi) is 9.01. The van der Waals surface area contributed by atoms with Crippen LogP contribution in [0.25, 0.3) is 0 Å². The van der Waals surface area contributed by atoms with Crippen molar-refractivity contribution in [2.24, 2.45) is 0 Å². The molecule has 2 heterocycles. The lowest BCUT2D eigenvalue weighted by molar-refractivity contribution is -0.141. The molecule has 0 spiro atoms. The minimum Gasteiger partial charge on any atom is -0.396 e. The number of nitrogens with one attached hydrogen (secondary N) is 1. The molecule has 2 fully saturated rings. The van der Waals surface area contributed by atoms with E-state index in [1.54, 1.807) is 0 Å². The standard InChI is InChI=1S/C23H33N3O6/c1-17-4-5-19(25-14-20(15-25)32-11-3-10-31-9-2-8-27)12-18(17)13-26(16-28)21-6-7-22(29)24-23(21)30/h4-5,12,16,20-21,27H,2-3,6-11,13-15H2,1H3,(H,24,29,30). The first-order valence-corrected chi connectivity index (χ1v) is 11.2. The van der Waals surface area contributed by atoms with Crippen molar-refractivity contribution < 1.29 is 29.0 Å². The van der Waals surface area contributed by atoms with Crippen molar-refractivity contribution in [3.8, 4) is 0 Å². The average Bonchev–Trinajstić information content (AvgIpc) is 2.74. The van der Waals surface area contributed by atoms with Crippen molar-refractivity contribution in [3.63, 3.8) is 0 Å². The maximum atomic E-state index is 12.1. The van der Waals surface area contributed by atoms with E-state index in [2.05, 4.69) is 22.3 Å². The van der Waals surface area contributed by atoms with Crippen LogP contribution in [0.3, 0.4) is 0 Å². The molecule has 2 aliphatic heterocycles. The molecule has 1 aromatic rings. The lowest BCUT2D eigenvalue weighted by atomic mass is 10.0. The van der Waals surface area contributed by atoms with Crippen LogP contribution in [-0.2, 0) is 30.4 Å². The van der Waals surface area contributed by atoms with E-state index in [1.807, 2.05) is 13.0 Å². The third-order valence-electron chi connectivity index (χ3n) is 5.88. The Labute approximate surface area is 188 Å². The summed E-state index contributed by atoms with van der Waals surface area (Å²) in [6.45, 7) is 5.93. The molecule has 1 atom stereocenters. The molecule has 2 N–H and O–H groups in total. The summed E-state index contributed by atoms with van der Waals surface area (Å²) in [4.78, 5) is 38.9. The van der Waals surface area contributed by atoms with E-state index < -0.39 is 11.9 Å². The average molecular weight is 448 g/mol. The number of imide groups is 1. The molecule has 0 bridgehead atoms. The Bertz CT molecular complexity index is 796. The second kappa shape index (κ2) is 11.9. The van der Waals surface area contributed by atoms with E-state index in [9.17, 15) is 14.4 Å². The predicted octanol–water partition coefficient (Wildman–Crippen LogP) is 0.753. The molecule has 2 saturated heterocycles. The number of aryl methyl sites for hydroxylation is 1. The number of aliphatic hydroxyl groups excluding tert-OH is 1. The number of hydrogen-bond acceptors (Lipinski definition) is 7. The Morgan fingerprint density at radius 3 is 2.72 bits per heavy atom. The van der Waals surface area contributed by atoms with Gasteiger partial charge in [0, 0.05) is 58.2 Å². The van der Waals surface area contributed by atoms with Gasteiger partial charge in [0.05, 0.1) is 6.10 Å². The summed E-state index contributed by atoms with van der Waals surface area (Å²) >= 11 is 0. The fourth-order valence-electron chi connectivity index (χ4n) is 3.88. The summed E-state index contributed by atoms with van der Waals surface area (Å²) in [5.41, 5.74) is 3.08. The van der Waals surface area contributed by atoms with Crippen LogP contribution in [0.2, 0.25) is 0 Å². The first kappa shape index (κ1) is 24.2. The second-order valence-corrected chi connectivity index (χ2v) is 8.30. The summed E-state index contributed by atoms with van der Waals surface area (Å²) in [6, 6.07) is 5.52. The van der Waals surface area contributed by atoms with Gasteiger partial charge in [0.1, 0.15) is 6.04 Å². The van der Waals surface area contributed by atoms with Crippen LogP contribution >= 0.6 is 0 Å². The highest BCUT2D eigenvalue weighted by molar-refractivity contribution is 6.00. The number of rotatable bonds is 13. The van der Waals surface area contributed by atoms with Gasteiger partial charge in [-0.05, 0) is 49.4 Å². The molecule has 176 valence electrons. The Hall–Kier alpha value is -2.49. The number of carbonyl (C=O) groups is 3. The van der Waals surface area contributed by atoms with Crippen molar-refractivity contribution in [1.29, 1.82) is 0 Å². The highest BCUT2D eigenvalue weighted by Crippen LogP contribution is 2.26. The van der Waals surface area contributed by atoms with E-state index in [0.29, 0.717) is 45.6 Å². The number of anilines is 1. The normalized spacial score (nSPS) is 18.9. The van der Waals surface area contributed by atoms with Gasteiger partial charge in [-0.15, -0.1) is 0 Å². The summed E-state index contributed by atoms with van der Waals surface area (Å²) in [6.07, 6.45) is 2.96. The van der Waals surface area contributed by atoms with Gasteiger partial charge in [-0.25, -0.2) is 0 Å². The minimum atomic E-state index is -0.623. The van der Waals surface area contributed by atoms with Crippen LogP contribution in [0.15, 0.2) is 18.2 Å². The van der Waals surface area contributed by atoms with Crippen molar-refractivity contribution in [3.05, 3.63) is 29.3 Å². The van der Waals surface area contributed by atoms with Crippen molar-refractivity contribution >= 4 is 23.9 Å². The van der Waals surface area contributed by atoms with E-state index in [-0.39, 0.29) is 25.0 Å². The third kappa shape index (κ3) is 6.51. The molecule has 9 heteroatoms. The number of benzene rings is 1. The smallest absolute Gasteiger partial charge is 0.249 e. The van der Waals surface area contributed by atoms with Crippen molar-refractivity contribution in [1.82, 2.24) is 10.2 Å². The molecule has 9 nitrogen and oxygen atoms in total. The highest BCUT2D eigenvalue weighted by atomic mass is 16.5. The van der Waals surface area contributed by atoms with Gasteiger partial charge in [-0.1, -0.05) is 6.07 Å². The van der Waals surface area contributed by atoms with Gasteiger partial charge in [-0.2, -0.15) is 0 Å². The maximum Gasteiger partial charge on any atom is 0.249 e. The third-order valence-corrected chi connectivity index (χ3v) is 5.88. The lowest BCUT2D eigenvalue weighted by Crippen LogP contribution is -2.52. The first-order chi connectivity index (χ1) is 15.5. The lowest BCUT2D eigenvalue weighted by Gasteiger charge is -2.41. The fourth-order valence-corrected chi connectivity index (χ4v) is 3.88. The quantitative estimate of drug-likeness (QED) is 0.261.